The number of nitrogens with zero attached hydrogens (tertiary/aromatic N) is 3. The lowest BCUT2D eigenvalue weighted by molar-refractivity contribution is 0.0925. The van der Waals surface area contributed by atoms with Crippen molar-refractivity contribution in [3.8, 4) is 5.75 Å². The van der Waals surface area contributed by atoms with E-state index in [-0.39, 0.29) is 17.9 Å². The van der Waals surface area contributed by atoms with Gasteiger partial charge in [-0.2, -0.15) is 5.10 Å². The molecule has 30 heavy (non-hydrogen) atoms. The average Bonchev–Trinajstić information content (AvgIpc) is 3.47. The number of anilines is 1. The summed E-state index contributed by atoms with van der Waals surface area (Å²) in [6, 6.07) is 11.0. The third-order valence-corrected chi connectivity index (χ3v) is 6.33. The van der Waals surface area contributed by atoms with Crippen LogP contribution in [0.25, 0.3) is 0 Å². The molecule has 0 atom stereocenters. The normalized spacial score (nSPS) is 18.6. The molecule has 0 spiro atoms. The Morgan fingerprint density at radius 3 is 2.50 bits per heavy atom. The first-order valence-corrected chi connectivity index (χ1v) is 10.6. The number of carbonyl (C=O) groups is 2. The highest BCUT2D eigenvalue weighted by Crippen LogP contribution is 2.28. The summed E-state index contributed by atoms with van der Waals surface area (Å²) in [5.41, 5.74) is 0.591. The molecule has 1 aliphatic carbocycles. The lowest BCUT2D eigenvalue weighted by atomic mass is 9.91. The Kier molecular flexibility index (Phi) is 6.08. The minimum Gasteiger partial charge on any atom is -0.495 e. The summed E-state index contributed by atoms with van der Waals surface area (Å²) < 4.78 is 7.15. The molecule has 1 aromatic carbocycles. The summed E-state index contributed by atoms with van der Waals surface area (Å²) in [6.45, 7) is 0. The summed E-state index contributed by atoms with van der Waals surface area (Å²) in [5, 5.41) is 10.1. The fraction of sp³-hybridized carbons (Fsp3) is 0.333. The second kappa shape index (κ2) is 9.08. The van der Waals surface area contributed by atoms with Crippen LogP contribution in [0, 0.1) is 0 Å². The van der Waals surface area contributed by atoms with Crippen LogP contribution in [-0.2, 0) is 0 Å². The highest BCUT2D eigenvalue weighted by molar-refractivity contribution is 7.16. The van der Waals surface area contributed by atoms with Crippen LogP contribution in [0.2, 0.25) is 0 Å². The fourth-order valence-electron chi connectivity index (χ4n) is 3.66. The number of amides is 2. The first-order chi connectivity index (χ1) is 14.6. The van der Waals surface area contributed by atoms with Gasteiger partial charge < -0.3 is 15.4 Å². The van der Waals surface area contributed by atoms with E-state index in [0.29, 0.717) is 27.2 Å². The molecular weight excluding hydrogens is 402 g/mol. The van der Waals surface area contributed by atoms with Crippen molar-refractivity contribution >= 4 is 28.8 Å². The molecular formula is C21H23N5O3S. The van der Waals surface area contributed by atoms with Crippen molar-refractivity contribution < 1.29 is 14.3 Å². The number of benzene rings is 1. The van der Waals surface area contributed by atoms with Gasteiger partial charge in [0.25, 0.3) is 11.8 Å². The van der Waals surface area contributed by atoms with Gasteiger partial charge in [0.05, 0.1) is 28.6 Å². The van der Waals surface area contributed by atoms with E-state index in [0.717, 1.165) is 25.7 Å². The van der Waals surface area contributed by atoms with Gasteiger partial charge in [0.15, 0.2) is 0 Å². The molecule has 0 aliphatic heterocycles. The summed E-state index contributed by atoms with van der Waals surface area (Å²) in [5.74, 6) is 0.180. The lowest BCUT2D eigenvalue weighted by Crippen LogP contribution is -2.37. The van der Waals surface area contributed by atoms with E-state index in [2.05, 4.69) is 20.7 Å². The largest absolute Gasteiger partial charge is 0.495 e. The average molecular weight is 426 g/mol. The highest BCUT2D eigenvalue weighted by atomic mass is 32.1. The molecule has 156 valence electrons. The van der Waals surface area contributed by atoms with E-state index in [1.165, 1.54) is 11.3 Å². The van der Waals surface area contributed by atoms with E-state index in [1.54, 1.807) is 44.0 Å². The zero-order valence-electron chi connectivity index (χ0n) is 16.6. The van der Waals surface area contributed by atoms with Gasteiger partial charge in [-0.05, 0) is 49.9 Å². The van der Waals surface area contributed by atoms with Crippen molar-refractivity contribution in [1.29, 1.82) is 0 Å². The van der Waals surface area contributed by atoms with Crippen LogP contribution in [-0.4, -0.2) is 39.7 Å². The second-order valence-corrected chi connectivity index (χ2v) is 8.26. The van der Waals surface area contributed by atoms with Gasteiger partial charge in [-0.1, -0.05) is 12.1 Å². The molecule has 0 bridgehead atoms. The molecule has 1 aliphatic rings. The molecule has 0 unspecified atom stereocenters. The zero-order chi connectivity index (χ0) is 20.9. The maximum absolute atomic E-state index is 12.6. The number of para-hydroxylation sites is 2. The maximum atomic E-state index is 12.6. The van der Waals surface area contributed by atoms with Gasteiger partial charge >= 0.3 is 0 Å². The third kappa shape index (κ3) is 4.51. The standard InChI is InChI=1S/C21H23N5O3S/c1-29-17-5-3-2-4-16(17)25-21(28)19-11-10-18(30-19)20(27)24-14-6-8-15(9-7-14)26-13-22-12-23-26/h2-5,10-15H,6-9H2,1H3,(H,24,27)(H,25,28). The predicted molar refractivity (Wildman–Crippen MR) is 114 cm³/mol. The van der Waals surface area contributed by atoms with Gasteiger partial charge in [-0.15, -0.1) is 11.3 Å². The van der Waals surface area contributed by atoms with Crippen molar-refractivity contribution in [2.75, 3.05) is 12.4 Å². The molecule has 1 fully saturated rings. The Morgan fingerprint density at radius 2 is 1.80 bits per heavy atom. The Balaban J connectivity index is 1.32. The van der Waals surface area contributed by atoms with Crippen molar-refractivity contribution in [3.05, 3.63) is 58.8 Å². The van der Waals surface area contributed by atoms with Gasteiger partial charge in [0.1, 0.15) is 18.4 Å². The number of carbonyl (C=O) groups excluding carboxylic acids is 2. The second-order valence-electron chi connectivity index (χ2n) is 7.17. The number of hydrogen-bond donors (Lipinski definition) is 2. The molecule has 2 heterocycles. The third-order valence-electron chi connectivity index (χ3n) is 5.25. The van der Waals surface area contributed by atoms with Crippen LogP contribution in [0.3, 0.4) is 0 Å². The molecule has 2 amide bonds. The number of aromatic nitrogens is 3. The summed E-state index contributed by atoms with van der Waals surface area (Å²) in [4.78, 5) is 30.2. The van der Waals surface area contributed by atoms with Crippen molar-refractivity contribution in [2.24, 2.45) is 0 Å². The minimum absolute atomic E-state index is 0.130. The molecule has 2 N–H and O–H groups in total. The summed E-state index contributed by atoms with van der Waals surface area (Å²) >= 11 is 1.18. The summed E-state index contributed by atoms with van der Waals surface area (Å²) in [7, 11) is 1.55. The van der Waals surface area contributed by atoms with Gasteiger partial charge in [0.2, 0.25) is 0 Å². The van der Waals surface area contributed by atoms with Crippen molar-refractivity contribution in [2.45, 2.75) is 37.8 Å². The van der Waals surface area contributed by atoms with Gasteiger partial charge in [0, 0.05) is 6.04 Å². The van der Waals surface area contributed by atoms with E-state index >= 15 is 0 Å². The van der Waals surface area contributed by atoms with E-state index in [1.807, 2.05) is 16.8 Å². The molecule has 0 radical (unpaired) electrons. The maximum Gasteiger partial charge on any atom is 0.265 e. The highest BCUT2D eigenvalue weighted by Gasteiger charge is 2.25. The topological polar surface area (TPSA) is 98.1 Å². The van der Waals surface area contributed by atoms with Gasteiger partial charge in [-0.3, -0.25) is 9.59 Å². The van der Waals surface area contributed by atoms with Crippen molar-refractivity contribution in [1.82, 2.24) is 20.1 Å². The lowest BCUT2D eigenvalue weighted by Gasteiger charge is -2.28. The molecule has 4 rings (SSSR count). The van der Waals surface area contributed by atoms with Crippen LogP contribution in [0.4, 0.5) is 5.69 Å². The number of thiophene rings is 1. The molecule has 0 saturated heterocycles. The monoisotopic (exact) mass is 425 g/mol. The first kappa shape index (κ1) is 20.1. The Labute approximate surface area is 178 Å². The molecule has 9 heteroatoms. The Hall–Kier alpha value is -3.20. The predicted octanol–water partition coefficient (Wildman–Crippen LogP) is 3.51. The molecule has 1 saturated carbocycles. The van der Waals surface area contributed by atoms with E-state index < -0.39 is 0 Å². The zero-order valence-corrected chi connectivity index (χ0v) is 17.4. The Morgan fingerprint density at radius 1 is 1.07 bits per heavy atom. The smallest absolute Gasteiger partial charge is 0.265 e. The van der Waals surface area contributed by atoms with Crippen LogP contribution < -0.4 is 15.4 Å². The number of rotatable bonds is 6. The molecule has 8 nitrogen and oxygen atoms in total. The van der Waals surface area contributed by atoms with Gasteiger partial charge in [-0.25, -0.2) is 9.67 Å². The quantitative estimate of drug-likeness (QED) is 0.630. The first-order valence-electron chi connectivity index (χ1n) is 9.83. The van der Waals surface area contributed by atoms with E-state index in [9.17, 15) is 9.59 Å². The fourth-order valence-corrected chi connectivity index (χ4v) is 4.47. The number of hydrogen-bond acceptors (Lipinski definition) is 6. The number of methoxy groups -OCH3 is 1. The minimum atomic E-state index is -0.267. The molecule has 3 aromatic rings. The van der Waals surface area contributed by atoms with E-state index in [4.69, 9.17) is 4.74 Å². The van der Waals surface area contributed by atoms with Crippen LogP contribution in [0.15, 0.2) is 49.1 Å². The number of nitrogens with one attached hydrogen (secondary N) is 2. The number of ether oxygens (including phenoxy) is 1. The Bertz CT molecular complexity index is 1010. The van der Waals surface area contributed by atoms with Crippen LogP contribution >= 0.6 is 11.3 Å². The summed E-state index contributed by atoms with van der Waals surface area (Å²) in [6.07, 6.45) is 6.97. The molecule has 2 aromatic heterocycles. The van der Waals surface area contributed by atoms with Crippen LogP contribution in [0.5, 0.6) is 5.75 Å². The van der Waals surface area contributed by atoms with Crippen molar-refractivity contribution in [3.63, 3.8) is 0 Å². The SMILES string of the molecule is COc1ccccc1NC(=O)c1ccc(C(=O)NC2CCC(n3cncn3)CC2)s1. The van der Waals surface area contributed by atoms with Crippen LogP contribution in [0.1, 0.15) is 51.1 Å².